The van der Waals surface area contributed by atoms with Crippen molar-refractivity contribution in [3.8, 4) is 0 Å². The maximum Gasteiger partial charge on any atom is 0.335 e. The molecule has 0 aliphatic carbocycles. The molecule has 1 N–H and O–H groups in total. The van der Waals surface area contributed by atoms with E-state index in [1.165, 1.54) is 13.4 Å². The predicted octanol–water partition coefficient (Wildman–Crippen LogP) is 3.40. The van der Waals surface area contributed by atoms with E-state index in [1.54, 1.807) is 6.92 Å². The summed E-state index contributed by atoms with van der Waals surface area (Å²) in [5.74, 6) is -0.270. The third-order valence-corrected chi connectivity index (χ3v) is 5.46. The number of carbonyl (C=O) groups is 1. The van der Waals surface area contributed by atoms with Crippen LogP contribution in [0.5, 0.6) is 0 Å². The van der Waals surface area contributed by atoms with Gasteiger partial charge in [0.05, 0.1) is 12.4 Å². The van der Waals surface area contributed by atoms with E-state index in [9.17, 15) is 13.2 Å². The first kappa shape index (κ1) is 23.9. The number of anilines is 1. The number of aryl methyl sites for hydroxylation is 1. The summed E-state index contributed by atoms with van der Waals surface area (Å²) in [6.45, 7) is 2.92. The molecule has 0 amide bonds. The van der Waals surface area contributed by atoms with Gasteiger partial charge >= 0.3 is 5.97 Å². The number of rotatable bonds is 12. The zero-order chi connectivity index (χ0) is 22.0. The van der Waals surface area contributed by atoms with Gasteiger partial charge in [0.15, 0.2) is 15.9 Å². The Kier molecular flexibility index (Phi) is 9.33. The summed E-state index contributed by atoms with van der Waals surface area (Å²) in [4.78, 5) is 11.8. The fourth-order valence-corrected chi connectivity index (χ4v) is 3.96. The molecule has 2 aromatic carbocycles. The molecule has 6 nitrogen and oxygen atoms in total. The van der Waals surface area contributed by atoms with Crippen molar-refractivity contribution in [1.82, 2.24) is 0 Å². The highest BCUT2D eigenvalue weighted by atomic mass is 32.2. The fourth-order valence-electron chi connectivity index (χ4n) is 3.17. The summed E-state index contributed by atoms with van der Waals surface area (Å²) >= 11 is 0. The zero-order valence-corrected chi connectivity index (χ0v) is 18.7. The molecule has 0 saturated heterocycles. The van der Waals surface area contributed by atoms with E-state index in [0.717, 1.165) is 41.8 Å². The van der Waals surface area contributed by atoms with Gasteiger partial charge in [0.2, 0.25) is 0 Å². The molecule has 30 heavy (non-hydrogen) atoms. The van der Waals surface area contributed by atoms with Gasteiger partial charge in [-0.3, -0.25) is 0 Å². The molecule has 2 rings (SSSR count). The Morgan fingerprint density at radius 1 is 1.07 bits per heavy atom. The highest BCUT2D eigenvalue weighted by Gasteiger charge is 2.19. The third kappa shape index (κ3) is 8.55. The van der Waals surface area contributed by atoms with Crippen LogP contribution in [-0.2, 0) is 42.7 Å². The van der Waals surface area contributed by atoms with E-state index in [-0.39, 0.29) is 11.7 Å². The average molecular weight is 434 g/mol. The van der Waals surface area contributed by atoms with Crippen LogP contribution >= 0.6 is 0 Å². The topological polar surface area (TPSA) is 81.7 Å². The van der Waals surface area contributed by atoms with Gasteiger partial charge in [-0.2, -0.15) is 0 Å². The van der Waals surface area contributed by atoms with Gasteiger partial charge in [-0.15, -0.1) is 0 Å². The second-order valence-corrected chi connectivity index (χ2v) is 9.44. The van der Waals surface area contributed by atoms with Crippen molar-refractivity contribution in [2.45, 2.75) is 38.0 Å². The Hall–Kier alpha value is -2.38. The van der Waals surface area contributed by atoms with Crippen LogP contribution in [0.4, 0.5) is 5.69 Å². The van der Waals surface area contributed by atoms with Crippen LogP contribution in [0.2, 0.25) is 0 Å². The van der Waals surface area contributed by atoms with Crippen LogP contribution in [0.15, 0.2) is 48.5 Å². The van der Waals surface area contributed by atoms with Gasteiger partial charge in [-0.1, -0.05) is 36.4 Å². The molecule has 0 heterocycles. The first-order valence-electron chi connectivity index (χ1n) is 10.1. The van der Waals surface area contributed by atoms with Crippen LogP contribution < -0.4 is 5.32 Å². The molecule has 0 aliphatic heterocycles. The summed E-state index contributed by atoms with van der Waals surface area (Å²) < 4.78 is 33.2. The molecule has 164 valence electrons. The summed E-state index contributed by atoms with van der Waals surface area (Å²) in [5, 5.41) is 3.39. The maximum absolute atomic E-state index is 11.8. The fraction of sp³-hybridized carbons (Fsp3) is 0.435. The van der Waals surface area contributed by atoms with Crippen molar-refractivity contribution in [1.29, 1.82) is 0 Å². The van der Waals surface area contributed by atoms with Gasteiger partial charge < -0.3 is 14.8 Å². The van der Waals surface area contributed by atoms with Crippen LogP contribution in [0, 0.1) is 0 Å². The van der Waals surface area contributed by atoms with E-state index in [2.05, 4.69) is 5.32 Å². The number of ether oxygens (including phenoxy) is 2. The van der Waals surface area contributed by atoms with Crippen molar-refractivity contribution in [3.63, 3.8) is 0 Å². The molecule has 0 bridgehead atoms. The number of methoxy groups -OCH3 is 1. The summed E-state index contributed by atoms with van der Waals surface area (Å²) in [6.07, 6.45) is 2.93. The second kappa shape index (κ2) is 11.7. The lowest BCUT2D eigenvalue weighted by atomic mass is 10.1. The third-order valence-electron chi connectivity index (χ3n) is 4.60. The minimum absolute atomic E-state index is 0.0749. The van der Waals surface area contributed by atoms with Crippen LogP contribution in [0.25, 0.3) is 0 Å². The van der Waals surface area contributed by atoms with Crippen molar-refractivity contribution in [2.75, 3.05) is 31.8 Å². The van der Waals surface area contributed by atoms with Gasteiger partial charge in [-0.05, 0) is 48.6 Å². The van der Waals surface area contributed by atoms with Crippen molar-refractivity contribution < 1.29 is 22.7 Å². The van der Waals surface area contributed by atoms with Gasteiger partial charge in [0, 0.05) is 32.0 Å². The van der Waals surface area contributed by atoms with Crippen LogP contribution in [0.3, 0.4) is 0 Å². The van der Waals surface area contributed by atoms with E-state index in [1.807, 2.05) is 48.5 Å². The smallest absolute Gasteiger partial charge is 0.335 e. The summed E-state index contributed by atoms with van der Waals surface area (Å²) in [6, 6.07) is 15.7. The van der Waals surface area contributed by atoms with E-state index < -0.39 is 15.9 Å². The molecule has 0 aliphatic rings. The number of hydrogen-bond donors (Lipinski definition) is 1. The monoisotopic (exact) mass is 433 g/mol. The quantitative estimate of drug-likeness (QED) is 0.408. The lowest BCUT2D eigenvalue weighted by molar-refractivity contribution is -0.154. The molecule has 0 spiro atoms. The molecule has 2 aromatic rings. The van der Waals surface area contributed by atoms with Crippen LogP contribution in [-0.4, -0.2) is 47.0 Å². The second-order valence-electron chi connectivity index (χ2n) is 7.30. The van der Waals surface area contributed by atoms with Crippen molar-refractivity contribution in [2.24, 2.45) is 0 Å². The molecule has 1 atom stereocenters. The summed E-state index contributed by atoms with van der Waals surface area (Å²) in [7, 11) is -1.51. The number of nitrogens with one attached hydrogen (secondary N) is 1. The molecule has 7 heteroatoms. The highest BCUT2D eigenvalue weighted by molar-refractivity contribution is 7.89. The minimum Gasteiger partial charge on any atom is -0.464 e. The minimum atomic E-state index is -3.02. The predicted molar refractivity (Wildman–Crippen MR) is 119 cm³/mol. The SMILES string of the molecule is CCOC(=O)[C@H](Cc1ccc(NCCCc2cccc(CS(C)(=O)=O)c2)cc1)OC. The molecule has 0 aromatic heterocycles. The maximum atomic E-state index is 11.8. The lowest BCUT2D eigenvalue weighted by Crippen LogP contribution is -2.27. The molecule has 0 radical (unpaired) electrons. The van der Waals surface area contributed by atoms with Crippen LogP contribution in [0.1, 0.15) is 30.0 Å². The summed E-state index contributed by atoms with van der Waals surface area (Å²) in [5.41, 5.74) is 3.98. The number of carbonyl (C=O) groups excluding carboxylic acids is 1. The average Bonchev–Trinajstić information content (AvgIpc) is 2.69. The number of benzene rings is 2. The first-order valence-corrected chi connectivity index (χ1v) is 12.1. The number of esters is 1. The molecular weight excluding hydrogens is 402 g/mol. The normalized spacial score (nSPS) is 12.4. The Morgan fingerprint density at radius 3 is 2.40 bits per heavy atom. The van der Waals surface area contributed by atoms with Gasteiger partial charge in [0.25, 0.3) is 0 Å². The van der Waals surface area contributed by atoms with E-state index >= 15 is 0 Å². The Balaban J connectivity index is 1.79. The standard InChI is InChI=1S/C23H31NO5S/c1-4-29-23(25)22(28-2)16-19-10-12-21(13-11-19)24-14-6-9-18-7-5-8-20(15-18)17-30(3,26)27/h5,7-8,10-13,15,22,24H,4,6,9,14,16-17H2,1-3H3/t22-/m0/s1. The molecular formula is C23H31NO5S. The van der Waals surface area contributed by atoms with Crippen molar-refractivity contribution >= 4 is 21.5 Å². The molecule has 0 unspecified atom stereocenters. The van der Waals surface area contributed by atoms with E-state index in [0.29, 0.717) is 13.0 Å². The Bertz CT molecular complexity index is 909. The van der Waals surface area contributed by atoms with Crippen molar-refractivity contribution in [3.05, 3.63) is 65.2 Å². The first-order chi connectivity index (χ1) is 14.3. The van der Waals surface area contributed by atoms with Gasteiger partial charge in [-0.25, -0.2) is 13.2 Å². The van der Waals surface area contributed by atoms with E-state index in [4.69, 9.17) is 9.47 Å². The Morgan fingerprint density at radius 2 is 1.77 bits per heavy atom. The number of hydrogen-bond acceptors (Lipinski definition) is 6. The highest BCUT2D eigenvalue weighted by Crippen LogP contribution is 2.14. The van der Waals surface area contributed by atoms with Gasteiger partial charge in [0.1, 0.15) is 0 Å². The lowest BCUT2D eigenvalue weighted by Gasteiger charge is -2.14. The number of sulfone groups is 1. The zero-order valence-electron chi connectivity index (χ0n) is 17.9. The Labute approximate surface area is 179 Å². The molecule has 0 fully saturated rings. The molecule has 0 saturated carbocycles. The largest absolute Gasteiger partial charge is 0.464 e.